The molecule has 0 amide bonds. The summed E-state index contributed by atoms with van der Waals surface area (Å²) in [5, 5.41) is 6.13. The van der Waals surface area contributed by atoms with Gasteiger partial charge in [-0.1, -0.05) is 80.7 Å². The number of esters is 1. The van der Waals surface area contributed by atoms with Crippen LogP contribution in [-0.4, -0.2) is 54.1 Å². The van der Waals surface area contributed by atoms with Crippen molar-refractivity contribution in [1.29, 1.82) is 0 Å². The van der Waals surface area contributed by atoms with Crippen molar-refractivity contribution < 1.29 is 33.4 Å². The fraction of sp³-hybridized carbons (Fsp3) is 0.385. The van der Waals surface area contributed by atoms with Gasteiger partial charge in [-0.05, 0) is 57.0 Å². The van der Waals surface area contributed by atoms with Crippen LogP contribution in [0.3, 0.4) is 0 Å². The molecule has 9 nitrogen and oxygen atoms in total. The van der Waals surface area contributed by atoms with Crippen molar-refractivity contribution in [3.8, 4) is 0 Å². The van der Waals surface area contributed by atoms with Gasteiger partial charge in [-0.15, -0.1) is 0 Å². The SMILES string of the molecule is C=C(C)C(=O)OCCOC(C)OCCn1c2ccc(C(=O)c3ccccc3)cc2c2cc(C(CCCCCCC)=NOC(C)=O)ccc21. The average Bonchev–Trinajstić information content (AvgIpc) is 3.39. The van der Waals surface area contributed by atoms with Crippen LogP contribution in [-0.2, 0) is 35.2 Å². The van der Waals surface area contributed by atoms with Gasteiger partial charge in [0.05, 0.1) is 18.9 Å². The van der Waals surface area contributed by atoms with Crippen LogP contribution >= 0.6 is 0 Å². The fourth-order valence-electron chi connectivity index (χ4n) is 5.51. The predicted molar refractivity (Wildman–Crippen MR) is 188 cm³/mol. The molecule has 0 radical (unpaired) electrons. The van der Waals surface area contributed by atoms with Gasteiger partial charge in [-0.2, -0.15) is 0 Å². The van der Waals surface area contributed by atoms with E-state index in [1.165, 1.54) is 13.3 Å². The number of hydrogen-bond acceptors (Lipinski definition) is 8. The topological polar surface area (TPSA) is 105 Å². The maximum atomic E-state index is 13.4. The minimum Gasteiger partial charge on any atom is -0.460 e. The zero-order chi connectivity index (χ0) is 34.5. The first-order chi connectivity index (χ1) is 23.2. The molecule has 0 fully saturated rings. The van der Waals surface area contributed by atoms with Crippen LogP contribution < -0.4 is 0 Å². The van der Waals surface area contributed by atoms with Gasteiger partial charge in [0.15, 0.2) is 12.1 Å². The molecule has 0 saturated carbocycles. The summed E-state index contributed by atoms with van der Waals surface area (Å²) in [6, 6.07) is 21.1. The molecule has 0 bridgehead atoms. The minimum absolute atomic E-state index is 0.0537. The van der Waals surface area contributed by atoms with E-state index in [9.17, 15) is 14.4 Å². The largest absolute Gasteiger partial charge is 0.460 e. The van der Waals surface area contributed by atoms with E-state index in [1.807, 2.05) is 60.7 Å². The Morgan fingerprint density at radius 3 is 2.10 bits per heavy atom. The van der Waals surface area contributed by atoms with Crippen molar-refractivity contribution in [3.63, 3.8) is 0 Å². The Hall–Kier alpha value is -4.60. The molecule has 1 atom stereocenters. The standard InChI is InChI=1S/C39H46N2O7/c1-6-7-8-9-13-16-35(40-48-28(4)42)31-17-19-36-33(25-31)34-26-32(38(43)30-14-11-10-12-15-30)18-20-37(34)41(36)21-22-45-29(5)46-23-24-47-39(44)27(2)3/h10-12,14-15,17-20,25-26,29H,2,6-9,13,16,21-24H2,1,3-5H3. The second-order valence-electron chi connectivity index (χ2n) is 11.8. The molecule has 4 aromatic rings. The number of hydrogen-bond donors (Lipinski definition) is 0. The van der Waals surface area contributed by atoms with Crippen LogP contribution in [0.5, 0.6) is 0 Å². The molecule has 1 heterocycles. The number of ether oxygens (including phenoxy) is 3. The van der Waals surface area contributed by atoms with Crippen molar-refractivity contribution >= 4 is 45.2 Å². The van der Waals surface area contributed by atoms with E-state index < -0.39 is 18.2 Å². The van der Waals surface area contributed by atoms with Gasteiger partial charge in [-0.3, -0.25) is 4.79 Å². The molecule has 3 aromatic carbocycles. The Morgan fingerprint density at radius 2 is 1.44 bits per heavy atom. The number of carbonyl (C=O) groups is 3. The maximum absolute atomic E-state index is 13.4. The summed E-state index contributed by atoms with van der Waals surface area (Å²) >= 11 is 0. The van der Waals surface area contributed by atoms with Crippen LogP contribution in [0.15, 0.2) is 84.0 Å². The second kappa shape index (κ2) is 18.1. The molecule has 254 valence electrons. The van der Waals surface area contributed by atoms with Crippen molar-refractivity contribution in [3.05, 3.63) is 95.6 Å². The molecular formula is C39H46N2O7. The number of nitrogens with zero attached hydrogens (tertiary/aromatic N) is 2. The third-order valence-electron chi connectivity index (χ3n) is 7.98. The normalized spacial score (nSPS) is 12.3. The molecule has 0 aliphatic rings. The van der Waals surface area contributed by atoms with Crippen LogP contribution in [0.25, 0.3) is 21.8 Å². The summed E-state index contributed by atoms with van der Waals surface area (Å²) in [5.41, 5.74) is 5.05. The predicted octanol–water partition coefficient (Wildman–Crippen LogP) is 8.15. The van der Waals surface area contributed by atoms with E-state index in [1.54, 1.807) is 13.8 Å². The lowest BCUT2D eigenvalue weighted by Crippen LogP contribution is -2.20. The van der Waals surface area contributed by atoms with Crippen molar-refractivity contribution in [2.24, 2.45) is 5.16 Å². The number of aromatic nitrogens is 1. The van der Waals surface area contributed by atoms with E-state index in [0.717, 1.165) is 53.1 Å². The molecule has 1 aromatic heterocycles. The molecule has 0 saturated heterocycles. The molecule has 48 heavy (non-hydrogen) atoms. The van der Waals surface area contributed by atoms with Gasteiger partial charge in [0.2, 0.25) is 0 Å². The van der Waals surface area contributed by atoms with Gasteiger partial charge >= 0.3 is 11.9 Å². The summed E-state index contributed by atoms with van der Waals surface area (Å²) in [7, 11) is 0. The fourth-order valence-corrected chi connectivity index (χ4v) is 5.51. The third-order valence-corrected chi connectivity index (χ3v) is 7.98. The number of benzene rings is 3. The van der Waals surface area contributed by atoms with Crippen LogP contribution in [0, 0.1) is 0 Å². The highest BCUT2D eigenvalue weighted by atomic mass is 16.7. The summed E-state index contributed by atoms with van der Waals surface area (Å²) < 4.78 is 18.9. The lowest BCUT2D eigenvalue weighted by molar-refractivity contribution is -0.154. The van der Waals surface area contributed by atoms with Gasteiger partial charge in [0.25, 0.3) is 0 Å². The number of carbonyl (C=O) groups excluding carboxylic acids is 3. The zero-order valence-corrected chi connectivity index (χ0v) is 28.5. The first-order valence-electron chi connectivity index (χ1n) is 16.7. The van der Waals surface area contributed by atoms with E-state index >= 15 is 0 Å². The number of fused-ring (bicyclic) bond motifs is 3. The van der Waals surface area contributed by atoms with Gasteiger partial charge in [0, 0.05) is 57.5 Å². The first kappa shape index (κ1) is 36.2. The second-order valence-corrected chi connectivity index (χ2v) is 11.8. The van der Waals surface area contributed by atoms with Crippen LogP contribution in [0.2, 0.25) is 0 Å². The Morgan fingerprint density at radius 1 is 0.792 bits per heavy atom. The van der Waals surface area contributed by atoms with E-state index in [2.05, 4.69) is 29.3 Å². The van der Waals surface area contributed by atoms with Gasteiger partial charge < -0.3 is 23.6 Å². The van der Waals surface area contributed by atoms with Crippen LogP contribution in [0.4, 0.5) is 0 Å². The minimum atomic E-state index is -0.513. The quantitative estimate of drug-likeness (QED) is 0.0147. The third kappa shape index (κ3) is 9.95. The highest BCUT2D eigenvalue weighted by molar-refractivity contribution is 6.16. The van der Waals surface area contributed by atoms with Crippen molar-refractivity contribution in [2.45, 2.75) is 79.1 Å². The summed E-state index contributed by atoms with van der Waals surface area (Å²) in [6.45, 7) is 11.7. The smallest absolute Gasteiger partial charge is 0.333 e. The Balaban J connectivity index is 1.62. The highest BCUT2D eigenvalue weighted by Gasteiger charge is 2.17. The lowest BCUT2D eigenvalue weighted by Gasteiger charge is -2.15. The molecule has 1 unspecified atom stereocenters. The van der Waals surface area contributed by atoms with E-state index in [4.69, 9.17) is 19.0 Å². The Bertz CT molecular complexity index is 1760. The number of rotatable bonds is 19. The number of ketones is 1. The summed E-state index contributed by atoms with van der Waals surface area (Å²) in [4.78, 5) is 41.8. The summed E-state index contributed by atoms with van der Waals surface area (Å²) in [5.74, 6) is -0.972. The number of unbranched alkanes of at least 4 members (excludes halogenated alkanes) is 4. The Labute approximate surface area is 282 Å². The first-order valence-corrected chi connectivity index (χ1v) is 16.7. The maximum Gasteiger partial charge on any atom is 0.333 e. The molecule has 0 aliphatic carbocycles. The molecule has 4 rings (SSSR count). The lowest BCUT2D eigenvalue weighted by atomic mass is 9.99. The average molecular weight is 655 g/mol. The molecule has 9 heteroatoms. The van der Waals surface area contributed by atoms with E-state index in [-0.39, 0.29) is 19.0 Å². The highest BCUT2D eigenvalue weighted by Crippen LogP contribution is 2.32. The number of oxime groups is 1. The van der Waals surface area contributed by atoms with Crippen molar-refractivity contribution in [2.75, 3.05) is 19.8 Å². The van der Waals surface area contributed by atoms with Gasteiger partial charge in [-0.25, -0.2) is 9.59 Å². The van der Waals surface area contributed by atoms with Crippen LogP contribution in [0.1, 0.15) is 87.7 Å². The Kier molecular flexibility index (Phi) is 13.6. The molecule has 0 spiro atoms. The molecule has 0 N–H and O–H groups in total. The van der Waals surface area contributed by atoms with E-state index in [0.29, 0.717) is 42.0 Å². The van der Waals surface area contributed by atoms with Crippen molar-refractivity contribution in [1.82, 2.24) is 4.57 Å². The zero-order valence-electron chi connectivity index (χ0n) is 28.5. The monoisotopic (exact) mass is 654 g/mol. The van der Waals surface area contributed by atoms with Gasteiger partial charge in [0.1, 0.15) is 6.61 Å². The molecular weight excluding hydrogens is 608 g/mol. The molecule has 0 aliphatic heterocycles. The summed E-state index contributed by atoms with van der Waals surface area (Å²) in [6.07, 6.45) is 5.66.